The number of phenols is 1. The summed E-state index contributed by atoms with van der Waals surface area (Å²) in [6.07, 6.45) is 4.24. The van der Waals surface area contributed by atoms with Crippen LogP contribution in [0.2, 0.25) is 0 Å². The van der Waals surface area contributed by atoms with Crippen molar-refractivity contribution in [2.75, 3.05) is 0 Å². The van der Waals surface area contributed by atoms with E-state index >= 15 is 0 Å². The first kappa shape index (κ1) is 13.2. The van der Waals surface area contributed by atoms with Crippen LogP contribution in [0.4, 0.5) is 0 Å². The number of phenolic OH excluding ortho intramolecular Hbond substituents is 1. The van der Waals surface area contributed by atoms with E-state index < -0.39 is 0 Å². The highest BCUT2D eigenvalue weighted by molar-refractivity contribution is 5.76. The van der Waals surface area contributed by atoms with Crippen LogP contribution in [0.3, 0.4) is 0 Å². The van der Waals surface area contributed by atoms with Gasteiger partial charge in [0.05, 0.1) is 0 Å². The van der Waals surface area contributed by atoms with Gasteiger partial charge < -0.3 is 9.52 Å². The maximum Gasteiger partial charge on any atom is 0.339 e. The van der Waals surface area contributed by atoms with Gasteiger partial charge in [-0.25, -0.2) is 4.79 Å². The van der Waals surface area contributed by atoms with E-state index in [4.69, 9.17) is 4.42 Å². The number of hydrogen-bond acceptors (Lipinski definition) is 3. The number of para-hydroxylation sites is 1. The fourth-order valence-corrected chi connectivity index (χ4v) is 2.20. The zero-order valence-corrected chi connectivity index (χ0v) is 11.3. The van der Waals surface area contributed by atoms with Crippen LogP contribution in [0.25, 0.3) is 17.0 Å². The second-order valence-electron chi connectivity index (χ2n) is 4.80. The maximum atomic E-state index is 11.9. The van der Waals surface area contributed by atoms with E-state index in [2.05, 4.69) is 0 Å². The molecule has 0 amide bonds. The van der Waals surface area contributed by atoms with Gasteiger partial charge in [-0.05, 0) is 36.2 Å². The molecule has 0 aliphatic rings. The minimum atomic E-state index is -0.311. The van der Waals surface area contributed by atoms with Crippen molar-refractivity contribution in [3.8, 4) is 5.75 Å². The van der Waals surface area contributed by atoms with Crippen molar-refractivity contribution in [2.45, 2.75) is 6.42 Å². The summed E-state index contributed by atoms with van der Waals surface area (Å²) in [6, 6.07) is 16.3. The number of fused-ring (bicyclic) bond motifs is 1. The van der Waals surface area contributed by atoms with Crippen LogP contribution in [0.15, 0.2) is 69.9 Å². The van der Waals surface area contributed by atoms with Crippen LogP contribution >= 0.6 is 0 Å². The third-order valence-electron chi connectivity index (χ3n) is 3.23. The Morgan fingerprint density at radius 3 is 2.76 bits per heavy atom. The molecule has 0 bridgehead atoms. The molecule has 0 saturated carbocycles. The second kappa shape index (κ2) is 5.67. The standard InChI is InChI=1S/C18H14O3/c19-16-9-4-6-13(11-16)5-3-8-15-12-14-7-1-2-10-17(14)21-18(15)20/h1-7,9-12,19H,8H2/b5-3+. The molecule has 104 valence electrons. The first-order valence-electron chi connectivity index (χ1n) is 6.70. The molecule has 2 aromatic carbocycles. The van der Waals surface area contributed by atoms with E-state index in [-0.39, 0.29) is 11.4 Å². The van der Waals surface area contributed by atoms with E-state index in [1.807, 2.05) is 42.5 Å². The van der Waals surface area contributed by atoms with Crippen LogP contribution in [-0.4, -0.2) is 5.11 Å². The lowest BCUT2D eigenvalue weighted by Crippen LogP contribution is -2.05. The highest BCUT2D eigenvalue weighted by Crippen LogP contribution is 2.14. The van der Waals surface area contributed by atoms with Crippen LogP contribution < -0.4 is 5.63 Å². The molecule has 0 aliphatic carbocycles. The predicted molar refractivity (Wildman–Crippen MR) is 83.3 cm³/mol. The Morgan fingerprint density at radius 2 is 1.90 bits per heavy atom. The predicted octanol–water partition coefficient (Wildman–Crippen LogP) is 3.75. The maximum absolute atomic E-state index is 11.9. The summed E-state index contributed by atoms with van der Waals surface area (Å²) in [5, 5.41) is 10.3. The van der Waals surface area contributed by atoms with Crippen LogP contribution in [0, 0.1) is 0 Å². The Labute approximate surface area is 121 Å². The zero-order valence-electron chi connectivity index (χ0n) is 11.3. The molecule has 1 heterocycles. The zero-order chi connectivity index (χ0) is 14.7. The molecule has 0 spiro atoms. The molecule has 3 heteroatoms. The fourth-order valence-electron chi connectivity index (χ4n) is 2.20. The summed E-state index contributed by atoms with van der Waals surface area (Å²) in [5.74, 6) is 0.224. The Morgan fingerprint density at radius 1 is 1.05 bits per heavy atom. The molecule has 0 radical (unpaired) electrons. The lowest BCUT2D eigenvalue weighted by molar-refractivity contribution is 0.475. The molecule has 0 fully saturated rings. The minimum absolute atomic E-state index is 0.224. The average molecular weight is 278 g/mol. The third kappa shape index (κ3) is 3.03. The van der Waals surface area contributed by atoms with Gasteiger partial charge in [0.2, 0.25) is 0 Å². The van der Waals surface area contributed by atoms with Gasteiger partial charge in [-0.3, -0.25) is 0 Å². The highest BCUT2D eigenvalue weighted by atomic mass is 16.4. The highest BCUT2D eigenvalue weighted by Gasteiger charge is 2.03. The van der Waals surface area contributed by atoms with E-state index in [9.17, 15) is 9.90 Å². The van der Waals surface area contributed by atoms with E-state index in [1.165, 1.54) is 0 Å². The average Bonchev–Trinajstić information content (AvgIpc) is 2.48. The Bertz CT molecular complexity index is 859. The summed E-state index contributed by atoms with van der Waals surface area (Å²) in [7, 11) is 0. The molecule has 1 N–H and O–H groups in total. The molecule has 3 aromatic rings. The molecule has 0 aliphatic heterocycles. The van der Waals surface area contributed by atoms with Gasteiger partial charge in [0.15, 0.2) is 0 Å². The van der Waals surface area contributed by atoms with Crippen LogP contribution in [0.5, 0.6) is 5.75 Å². The lowest BCUT2D eigenvalue weighted by atomic mass is 10.1. The minimum Gasteiger partial charge on any atom is -0.508 e. The number of hydrogen-bond donors (Lipinski definition) is 1. The smallest absolute Gasteiger partial charge is 0.339 e. The first-order chi connectivity index (χ1) is 10.2. The molecule has 1 aromatic heterocycles. The van der Waals surface area contributed by atoms with Gasteiger partial charge >= 0.3 is 5.63 Å². The Balaban J connectivity index is 1.85. The van der Waals surface area contributed by atoms with Crippen molar-refractivity contribution in [2.24, 2.45) is 0 Å². The topological polar surface area (TPSA) is 50.4 Å². The van der Waals surface area contributed by atoms with Crippen molar-refractivity contribution < 1.29 is 9.52 Å². The van der Waals surface area contributed by atoms with E-state index in [0.717, 1.165) is 10.9 Å². The third-order valence-corrected chi connectivity index (χ3v) is 3.23. The quantitative estimate of drug-likeness (QED) is 0.742. The first-order valence-corrected chi connectivity index (χ1v) is 6.70. The van der Waals surface area contributed by atoms with Crippen molar-refractivity contribution in [1.82, 2.24) is 0 Å². The SMILES string of the molecule is O=c1oc2ccccc2cc1C/C=C/c1cccc(O)c1. The molecule has 0 saturated heterocycles. The number of benzene rings is 2. The Kier molecular flexibility index (Phi) is 3.56. The van der Waals surface area contributed by atoms with Crippen LogP contribution in [0.1, 0.15) is 11.1 Å². The van der Waals surface area contributed by atoms with Crippen molar-refractivity contribution in [3.05, 3.63) is 82.2 Å². The normalized spacial score (nSPS) is 11.2. The van der Waals surface area contributed by atoms with Gasteiger partial charge in [-0.15, -0.1) is 0 Å². The monoisotopic (exact) mass is 278 g/mol. The summed E-state index contributed by atoms with van der Waals surface area (Å²) >= 11 is 0. The number of allylic oxidation sites excluding steroid dienone is 1. The van der Waals surface area contributed by atoms with Crippen LogP contribution in [-0.2, 0) is 6.42 Å². The van der Waals surface area contributed by atoms with Gasteiger partial charge in [0, 0.05) is 10.9 Å². The van der Waals surface area contributed by atoms with Crippen molar-refractivity contribution >= 4 is 17.0 Å². The van der Waals surface area contributed by atoms with Crippen molar-refractivity contribution in [3.63, 3.8) is 0 Å². The molecular weight excluding hydrogens is 264 g/mol. The lowest BCUT2D eigenvalue weighted by Gasteiger charge is -1.99. The molecular formula is C18H14O3. The summed E-state index contributed by atoms with van der Waals surface area (Å²) in [4.78, 5) is 11.9. The van der Waals surface area contributed by atoms with Gasteiger partial charge in [-0.2, -0.15) is 0 Å². The number of aromatic hydroxyl groups is 1. The second-order valence-corrected chi connectivity index (χ2v) is 4.80. The molecule has 21 heavy (non-hydrogen) atoms. The summed E-state index contributed by atoms with van der Waals surface area (Å²) in [6.45, 7) is 0. The molecule has 3 nitrogen and oxygen atoms in total. The van der Waals surface area contributed by atoms with Gasteiger partial charge in [-0.1, -0.05) is 42.5 Å². The number of rotatable bonds is 3. The van der Waals surface area contributed by atoms with Gasteiger partial charge in [0.25, 0.3) is 0 Å². The van der Waals surface area contributed by atoms with E-state index in [1.54, 1.807) is 24.3 Å². The van der Waals surface area contributed by atoms with Gasteiger partial charge in [0.1, 0.15) is 11.3 Å². The summed E-state index contributed by atoms with van der Waals surface area (Å²) < 4.78 is 5.29. The Hall–Kier alpha value is -2.81. The molecule has 0 atom stereocenters. The molecule has 3 rings (SSSR count). The fraction of sp³-hybridized carbons (Fsp3) is 0.0556. The largest absolute Gasteiger partial charge is 0.508 e. The van der Waals surface area contributed by atoms with Crippen molar-refractivity contribution in [1.29, 1.82) is 0 Å². The molecule has 0 unspecified atom stereocenters. The van der Waals surface area contributed by atoms with E-state index in [0.29, 0.717) is 17.6 Å². The summed E-state index contributed by atoms with van der Waals surface area (Å²) in [5.41, 5.74) is 1.79.